The van der Waals surface area contributed by atoms with Gasteiger partial charge in [-0.25, -0.2) is 4.39 Å². The molecule has 1 aromatic heterocycles. The molecule has 0 aliphatic rings. The van der Waals surface area contributed by atoms with Crippen LogP contribution in [-0.2, 0) is 0 Å². The topological polar surface area (TPSA) is 66.6 Å². The van der Waals surface area contributed by atoms with Crippen LogP contribution in [0.25, 0.3) is 10.9 Å². The lowest BCUT2D eigenvalue weighted by atomic mass is 10.2. The lowest BCUT2D eigenvalue weighted by molar-refractivity contribution is -0.275. The van der Waals surface area contributed by atoms with Gasteiger partial charge in [0, 0.05) is 29.4 Å². The first-order valence-corrected chi connectivity index (χ1v) is 7.22. The fourth-order valence-corrected chi connectivity index (χ4v) is 2.30. The van der Waals surface area contributed by atoms with Gasteiger partial charge in [-0.2, -0.15) is 0 Å². The van der Waals surface area contributed by atoms with Crippen molar-refractivity contribution in [2.45, 2.75) is 6.36 Å². The van der Waals surface area contributed by atoms with E-state index in [-0.39, 0.29) is 33.8 Å². The first kappa shape index (κ1) is 17.6. The molecule has 136 valence electrons. The van der Waals surface area contributed by atoms with Crippen LogP contribution in [-0.4, -0.2) is 18.5 Å². The number of halogens is 4. The number of nitrogens with zero attached hydrogens (tertiary/aromatic N) is 1. The molecular formula is C17H12F4N2O3. The van der Waals surface area contributed by atoms with Gasteiger partial charge in [-0.15, -0.1) is 13.2 Å². The van der Waals surface area contributed by atoms with Gasteiger partial charge in [0.15, 0.2) is 23.1 Å². The van der Waals surface area contributed by atoms with Crippen molar-refractivity contribution in [2.75, 3.05) is 12.8 Å². The second kappa shape index (κ2) is 6.58. The van der Waals surface area contributed by atoms with Gasteiger partial charge < -0.3 is 19.9 Å². The Hall–Kier alpha value is -3.23. The van der Waals surface area contributed by atoms with Gasteiger partial charge in [0.05, 0.1) is 12.6 Å². The Morgan fingerprint density at radius 1 is 0.962 bits per heavy atom. The Labute approximate surface area is 144 Å². The number of alkyl halides is 3. The molecule has 0 saturated carbocycles. The number of rotatable bonds is 4. The van der Waals surface area contributed by atoms with Gasteiger partial charge in [0.1, 0.15) is 5.75 Å². The van der Waals surface area contributed by atoms with Crippen LogP contribution in [0.3, 0.4) is 0 Å². The zero-order chi connectivity index (χ0) is 18.9. The van der Waals surface area contributed by atoms with Crippen molar-refractivity contribution < 1.29 is 31.8 Å². The molecule has 0 bridgehead atoms. The van der Waals surface area contributed by atoms with E-state index >= 15 is 0 Å². The monoisotopic (exact) mass is 368 g/mol. The van der Waals surface area contributed by atoms with E-state index in [0.717, 1.165) is 12.1 Å². The number of pyridine rings is 1. The highest BCUT2D eigenvalue weighted by Crippen LogP contribution is 2.39. The highest BCUT2D eigenvalue weighted by molar-refractivity contribution is 5.88. The summed E-state index contributed by atoms with van der Waals surface area (Å²) in [5.74, 6) is -1.48. The average molecular weight is 368 g/mol. The molecule has 2 N–H and O–H groups in total. The first-order valence-electron chi connectivity index (χ1n) is 7.22. The van der Waals surface area contributed by atoms with Crippen molar-refractivity contribution in [1.82, 2.24) is 4.98 Å². The third kappa shape index (κ3) is 3.71. The third-order valence-corrected chi connectivity index (χ3v) is 3.39. The molecule has 0 fully saturated rings. The third-order valence-electron chi connectivity index (χ3n) is 3.39. The number of anilines is 1. The van der Waals surface area contributed by atoms with E-state index in [1.54, 1.807) is 0 Å². The molecule has 0 saturated heterocycles. The molecule has 26 heavy (non-hydrogen) atoms. The maximum absolute atomic E-state index is 13.9. The fraction of sp³-hybridized carbons (Fsp3) is 0.118. The summed E-state index contributed by atoms with van der Waals surface area (Å²) in [7, 11) is 1.20. The number of benzene rings is 2. The van der Waals surface area contributed by atoms with E-state index in [0.29, 0.717) is 0 Å². The summed E-state index contributed by atoms with van der Waals surface area (Å²) in [6.45, 7) is 0. The van der Waals surface area contributed by atoms with Crippen LogP contribution in [0.1, 0.15) is 0 Å². The molecule has 0 aliphatic heterocycles. The van der Waals surface area contributed by atoms with Gasteiger partial charge in [-0.1, -0.05) is 0 Å². The number of fused-ring (bicyclic) bond motifs is 1. The van der Waals surface area contributed by atoms with Gasteiger partial charge in [-0.05, 0) is 24.3 Å². The molecule has 3 rings (SSSR count). The van der Waals surface area contributed by atoms with Gasteiger partial charge >= 0.3 is 6.36 Å². The molecule has 2 aromatic carbocycles. The fourth-order valence-electron chi connectivity index (χ4n) is 2.30. The Morgan fingerprint density at radius 3 is 2.38 bits per heavy atom. The minimum Gasteiger partial charge on any atom is -0.493 e. The minimum absolute atomic E-state index is 0.0911. The van der Waals surface area contributed by atoms with Crippen LogP contribution in [0.4, 0.5) is 23.2 Å². The number of methoxy groups -OCH3 is 1. The van der Waals surface area contributed by atoms with E-state index < -0.39 is 17.9 Å². The van der Waals surface area contributed by atoms with Crippen molar-refractivity contribution in [3.05, 3.63) is 48.4 Å². The molecule has 0 amide bonds. The molecule has 9 heteroatoms. The highest BCUT2D eigenvalue weighted by Gasteiger charge is 2.33. The summed E-state index contributed by atoms with van der Waals surface area (Å²) in [6, 6.07) is 7.54. The van der Waals surface area contributed by atoms with Gasteiger partial charge in [-0.3, -0.25) is 4.98 Å². The normalized spacial score (nSPS) is 11.4. The highest BCUT2D eigenvalue weighted by atomic mass is 19.4. The van der Waals surface area contributed by atoms with E-state index in [4.69, 9.17) is 15.2 Å². The van der Waals surface area contributed by atoms with Gasteiger partial charge in [0.2, 0.25) is 0 Å². The molecule has 0 aliphatic carbocycles. The number of ether oxygens (including phenoxy) is 3. The number of nitrogen functional groups attached to an aromatic ring is 1. The predicted molar refractivity (Wildman–Crippen MR) is 85.9 cm³/mol. The molecule has 5 nitrogen and oxygen atoms in total. The van der Waals surface area contributed by atoms with Crippen molar-refractivity contribution in [1.29, 1.82) is 0 Å². The first-order chi connectivity index (χ1) is 12.3. The molecule has 0 atom stereocenters. The summed E-state index contributed by atoms with van der Waals surface area (Å²) in [4.78, 5) is 4.06. The van der Waals surface area contributed by atoms with Crippen molar-refractivity contribution >= 4 is 16.6 Å². The van der Waals surface area contributed by atoms with Crippen molar-refractivity contribution in [3.63, 3.8) is 0 Å². The smallest absolute Gasteiger partial charge is 0.493 e. The quantitative estimate of drug-likeness (QED) is 0.536. The maximum atomic E-state index is 13.9. The number of hydrogen-bond donors (Lipinski definition) is 1. The Balaban J connectivity index is 2.09. The molecule has 0 spiro atoms. The van der Waals surface area contributed by atoms with Crippen molar-refractivity contribution in [2.24, 2.45) is 0 Å². The number of nitrogens with two attached hydrogens (primary N) is 1. The molecule has 3 aromatic rings. The molecular weight excluding hydrogens is 356 g/mol. The Morgan fingerprint density at radius 2 is 1.73 bits per heavy atom. The summed E-state index contributed by atoms with van der Waals surface area (Å²) >= 11 is 0. The standard InChI is InChI=1S/C17H12F4N2O3/c1-24-15-8-12-10(7-16(15)26-17(19,20)21)13(4-5-23-12)25-14-3-2-9(22)6-11(14)18/h2-8H,22H2,1H3. The van der Waals surface area contributed by atoms with E-state index in [1.807, 2.05) is 0 Å². The zero-order valence-electron chi connectivity index (χ0n) is 13.3. The second-order valence-corrected chi connectivity index (χ2v) is 5.17. The van der Waals surface area contributed by atoms with E-state index in [1.165, 1.54) is 37.6 Å². The van der Waals surface area contributed by atoms with Crippen LogP contribution in [0.15, 0.2) is 42.6 Å². The largest absolute Gasteiger partial charge is 0.573 e. The van der Waals surface area contributed by atoms with Gasteiger partial charge in [0.25, 0.3) is 0 Å². The zero-order valence-corrected chi connectivity index (χ0v) is 13.3. The Bertz CT molecular complexity index is 961. The average Bonchev–Trinajstić information content (AvgIpc) is 2.56. The lowest BCUT2D eigenvalue weighted by Crippen LogP contribution is -2.17. The Kier molecular flexibility index (Phi) is 4.45. The summed E-state index contributed by atoms with van der Waals surface area (Å²) in [5.41, 5.74) is 5.97. The van der Waals surface area contributed by atoms with Crippen LogP contribution in [0, 0.1) is 5.82 Å². The van der Waals surface area contributed by atoms with Crippen LogP contribution >= 0.6 is 0 Å². The predicted octanol–water partition coefficient (Wildman–Crippen LogP) is 4.66. The second-order valence-electron chi connectivity index (χ2n) is 5.17. The van der Waals surface area contributed by atoms with E-state index in [9.17, 15) is 17.6 Å². The minimum atomic E-state index is -4.91. The maximum Gasteiger partial charge on any atom is 0.573 e. The SMILES string of the molecule is COc1cc2nccc(Oc3ccc(N)cc3F)c2cc1OC(F)(F)F. The lowest BCUT2D eigenvalue weighted by Gasteiger charge is -2.15. The molecule has 0 unspecified atom stereocenters. The van der Waals surface area contributed by atoms with Crippen LogP contribution in [0.5, 0.6) is 23.0 Å². The van der Waals surface area contributed by atoms with E-state index in [2.05, 4.69) is 9.72 Å². The number of aromatic nitrogens is 1. The van der Waals surface area contributed by atoms with Crippen LogP contribution < -0.4 is 19.9 Å². The van der Waals surface area contributed by atoms with Crippen LogP contribution in [0.2, 0.25) is 0 Å². The number of hydrogen-bond acceptors (Lipinski definition) is 5. The molecule has 1 heterocycles. The van der Waals surface area contributed by atoms with Crippen molar-refractivity contribution in [3.8, 4) is 23.0 Å². The summed E-state index contributed by atoms with van der Waals surface area (Å²) < 4.78 is 66.1. The molecule has 0 radical (unpaired) electrons. The summed E-state index contributed by atoms with van der Waals surface area (Å²) in [6.07, 6.45) is -3.54. The summed E-state index contributed by atoms with van der Waals surface area (Å²) in [5, 5.41) is 0.184.